The van der Waals surface area contributed by atoms with Gasteiger partial charge in [0.05, 0.1) is 6.61 Å². The molecule has 0 aliphatic carbocycles. The molecule has 1 aliphatic rings. The van der Waals surface area contributed by atoms with Gasteiger partial charge in [-0.1, -0.05) is 20.4 Å². The van der Waals surface area contributed by atoms with Gasteiger partial charge in [-0.3, -0.25) is 0 Å². The lowest BCUT2D eigenvalue weighted by atomic mass is 9.90. The van der Waals surface area contributed by atoms with E-state index in [1.54, 1.807) is 0 Å². The Morgan fingerprint density at radius 3 is 2.76 bits per heavy atom. The van der Waals surface area contributed by atoms with Gasteiger partial charge in [-0.2, -0.15) is 0 Å². The average Bonchev–Trinajstić information content (AvgIpc) is 2.28. The zero-order chi connectivity index (χ0) is 12.4. The van der Waals surface area contributed by atoms with E-state index in [1.165, 1.54) is 11.1 Å². The normalized spacial score (nSPS) is 14.1. The molecular formula is C15H19NO. The molecule has 0 saturated heterocycles. The fourth-order valence-electron chi connectivity index (χ4n) is 2.08. The zero-order valence-electron chi connectivity index (χ0n) is 10.7. The van der Waals surface area contributed by atoms with Crippen LogP contribution in [0.4, 0.5) is 5.69 Å². The molecule has 1 aromatic rings. The van der Waals surface area contributed by atoms with E-state index in [0.717, 1.165) is 17.1 Å². The van der Waals surface area contributed by atoms with Crippen molar-refractivity contribution in [3.63, 3.8) is 0 Å². The molecule has 0 fully saturated rings. The van der Waals surface area contributed by atoms with E-state index in [0.29, 0.717) is 12.5 Å². The van der Waals surface area contributed by atoms with E-state index >= 15 is 0 Å². The maximum Gasteiger partial charge on any atom is 0.120 e. The van der Waals surface area contributed by atoms with E-state index in [1.807, 2.05) is 13.0 Å². The van der Waals surface area contributed by atoms with Crippen molar-refractivity contribution in [2.45, 2.75) is 20.8 Å². The van der Waals surface area contributed by atoms with E-state index in [9.17, 15) is 0 Å². The van der Waals surface area contributed by atoms with E-state index in [2.05, 4.69) is 44.0 Å². The monoisotopic (exact) mass is 229 g/mol. The van der Waals surface area contributed by atoms with Crippen molar-refractivity contribution in [1.29, 1.82) is 0 Å². The number of fused-ring (bicyclic) bond motifs is 1. The van der Waals surface area contributed by atoms with Crippen LogP contribution in [0.15, 0.2) is 36.6 Å². The Hall–Kier alpha value is -1.70. The third kappa shape index (κ3) is 2.36. The molecule has 2 heteroatoms. The first-order valence-electron chi connectivity index (χ1n) is 6.06. The highest BCUT2D eigenvalue weighted by Crippen LogP contribution is 2.37. The lowest BCUT2D eigenvalue weighted by molar-refractivity contribution is 0.340. The topological polar surface area (TPSA) is 21.3 Å². The van der Waals surface area contributed by atoms with Crippen LogP contribution < -0.4 is 10.1 Å². The second kappa shape index (κ2) is 4.66. The fourth-order valence-corrected chi connectivity index (χ4v) is 2.08. The van der Waals surface area contributed by atoms with Crippen LogP contribution in [0, 0.1) is 5.92 Å². The predicted molar refractivity (Wildman–Crippen MR) is 73.2 cm³/mol. The quantitative estimate of drug-likeness (QED) is 0.843. The molecule has 2 nitrogen and oxygen atoms in total. The van der Waals surface area contributed by atoms with Crippen molar-refractivity contribution < 1.29 is 4.74 Å². The van der Waals surface area contributed by atoms with E-state index < -0.39 is 0 Å². The molecule has 0 radical (unpaired) electrons. The number of allylic oxidation sites excluding steroid dienone is 2. The summed E-state index contributed by atoms with van der Waals surface area (Å²) in [5.41, 5.74) is 4.60. The van der Waals surface area contributed by atoms with Gasteiger partial charge in [0.2, 0.25) is 0 Å². The second-order valence-electron chi connectivity index (χ2n) is 4.55. The predicted octanol–water partition coefficient (Wildman–Crippen LogP) is 4.06. The summed E-state index contributed by atoms with van der Waals surface area (Å²) in [6.07, 6.45) is 2.11. The first-order valence-corrected chi connectivity index (χ1v) is 6.06. The Morgan fingerprint density at radius 1 is 1.35 bits per heavy atom. The highest BCUT2D eigenvalue weighted by molar-refractivity contribution is 5.84. The first-order chi connectivity index (χ1) is 8.11. The molecule has 0 atom stereocenters. The molecule has 90 valence electrons. The Balaban J connectivity index is 2.46. The largest absolute Gasteiger partial charge is 0.494 e. The Labute approximate surface area is 103 Å². The second-order valence-corrected chi connectivity index (χ2v) is 4.55. The SMILES string of the molecule is C=C1C=C(C(C)C)c2cc(OCC)ccc2N1. The lowest BCUT2D eigenvalue weighted by Gasteiger charge is -2.23. The summed E-state index contributed by atoms with van der Waals surface area (Å²) in [5, 5.41) is 3.29. The van der Waals surface area contributed by atoms with Gasteiger partial charge in [-0.15, -0.1) is 0 Å². The van der Waals surface area contributed by atoms with Gasteiger partial charge >= 0.3 is 0 Å². The van der Waals surface area contributed by atoms with E-state index in [4.69, 9.17) is 4.74 Å². The zero-order valence-corrected chi connectivity index (χ0v) is 10.7. The first kappa shape index (κ1) is 11.8. The number of benzene rings is 1. The number of nitrogens with one attached hydrogen (secondary N) is 1. The molecule has 1 aliphatic heterocycles. The van der Waals surface area contributed by atoms with Gasteiger partial charge in [0.1, 0.15) is 5.75 Å². The van der Waals surface area contributed by atoms with Gasteiger partial charge in [0.15, 0.2) is 0 Å². The molecule has 0 unspecified atom stereocenters. The molecule has 17 heavy (non-hydrogen) atoms. The molecule has 1 N–H and O–H groups in total. The van der Waals surface area contributed by atoms with Crippen molar-refractivity contribution in [2.24, 2.45) is 5.92 Å². The number of hydrogen-bond acceptors (Lipinski definition) is 2. The van der Waals surface area contributed by atoms with Crippen LogP contribution in [-0.2, 0) is 0 Å². The molecule has 0 saturated carbocycles. The number of hydrogen-bond donors (Lipinski definition) is 1. The van der Waals surface area contributed by atoms with Crippen LogP contribution >= 0.6 is 0 Å². The molecule has 0 amide bonds. The fraction of sp³-hybridized carbons (Fsp3) is 0.333. The highest BCUT2D eigenvalue weighted by Gasteiger charge is 2.17. The van der Waals surface area contributed by atoms with Crippen LogP contribution in [0.5, 0.6) is 5.75 Å². The minimum Gasteiger partial charge on any atom is -0.494 e. The van der Waals surface area contributed by atoms with Crippen LogP contribution in [0.2, 0.25) is 0 Å². The molecule has 0 bridgehead atoms. The van der Waals surface area contributed by atoms with Crippen molar-refractivity contribution >= 4 is 11.3 Å². The van der Waals surface area contributed by atoms with Gasteiger partial charge in [-0.25, -0.2) is 0 Å². The Morgan fingerprint density at radius 2 is 2.12 bits per heavy atom. The average molecular weight is 229 g/mol. The Bertz CT molecular complexity index is 472. The number of ether oxygens (including phenoxy) is 1. The third-order valence-corrected chi connectivity index (χ3v) is 2.86. The van der Waals surface area contributed by atoms with Gasteiger partial charge in [-0.05, 0) is 42.7 Å². The summed E-state index contributed by atoms with van der Waals surface area (Å²) < 4.78 is 5.55. The number of anilines is 1. The summed E-state index contributed by atoms with van der Waals surface area (Å²) in [6.45, 7) is 11.1. The summed E-state index contributed by atoms with van der Waals surface area (Å²) in [6, 6.07) is 6.15. The molecular weight excluding hydrogens is 210 g/mol. The van der Waals surface area contributed by atoms with Crippen LogP contribution in [-0.4, -0.2) is 6.61 Å². The maximum atomic E-state index is 5.55. The third-order valence-electron chi connectivity index (χ3n) is 2.86. The number of rotatable bonds is 3. The smallest absolute Gasteiger partial charge is 0.120 e. The molecule has 1 heterocycles. The standard InChI is InChI=1S/C15H19NO/c1-5-17-12-6-7-15-14(9-12)13(10(2)3)8-11(4)16-15/h6-10,16H,4-5H2,1-3H3. The van der Waals surface area contributed by atoms with E-state index in [-0.39, 0.29) is 0 Å². The van der Waals surface area contributed by atoms with Crippen molar-refractivity contribution in [3.8, 4) is 5.75 Å². The molecule has 0 aromatic heterocycles. The highest BCUT2D eigenvalue weighted by atomic mass is 16.5. The summed E-state index contributed by atoms with van der Waals surface area (Å²) in [5.74, 6) is 1.40. The van der Waals surface area contributed by atoms with Crippen LogP contribution in [0.3, 0.4) is 0 Å². The van der Waals surface area contributed by atoms with Crippen LogP contribution in [0.25, 0.3) is 5.57 Å². The Kier molecular flexibility index (Phi) is 3.23. The van der Waals surface area contributed by atoms with Gasteiger partial charge in [0, 0.05) is 16.9 Å². The summed E-state index contributed by atoms with van der Waals surface area (Å²) >= 11 is 0. The van der Waals surface area contributed by atoms with Gasteiger partial charge < -0.3 is 10.1 Å². The minimum atomic E-state index is 0.476. The molecule has 2 rings (SSSR count). The van der Waals surface area contributed by atoms with Gasteiger partial charge in [0.25, 0.3) is 0 Å². The van der Waals surface area contributed by atoms with Crippen molar-refractivity contribution in [2.75, 3.05) is 11.9 Å². The summed E-state index contributed by atoms with van der Waals surface area (Å²) in [4.78, 5) is 0. The molecule has 1 aromatic carbocycles. The molecule has 0 spiro atoms. The maximum absolute atomic E-state index is 5.55. The van der Waals surface area contributed by atoms with Crippen LogP contribution in [0.1, 0.15) is 26.3 Å². The minimum absolute atomic E-state index is 0.476. The lowest BCUT2D eigenvalue weighted by Crippen LogP contribution is -2.09. The summed E-state index contributed by atoms with van der Waals surface area (Å²) in [7, 11) is 0. The van der Waals surface area contributed by atoms with Crippen molar-refractivity contribution in [3.05, 3.63) is 42.1 Å². The van der Waals surface area contributed by atoms with Crippen molar-refractivity contribution in [1.82, 2.24) is 0 Å².